The molecule has 1 atom stereocenters. The van der Waals surface area contributed by atoms with Gasteiger partial charge in [0, 0.05) is 29.7 Å². The Hall–Kier alpha value is -1.81. The van der Waals surface area contributed by atoms with Crippen LogP contribution in [0.2, 0.25) is 0 Å². The Kier molecular flexibility index (Phi) is 4.25. The highest BCUT2D eigenvalue weighted by Crippen LogP contribution is 2.28. The minimum atomic E-state index is 0.108. The van der Waals surface area contributed by atoms with Gasteiger partial charge in [-0.25, -0.2) is 0 Å². The average molecular weight is 300 g/mol. The molecular formula is C17H20N2OS. The van der Waals surface area contributed by atoms with Crippen molar-refractivity contribution < 1.29 is 4.79 Å². The van der Waals surface area contributed by atoms with Crippen LogP contribution in [0.25, 0.3) is 0 Å². The number of carbonyl (C=O) groups is 1. The summed E-state index contributed by atoms with van der Waals surface area (Å²) in [5.74, 6) is 0.108. The molecule has 1 aliphatic rings. The molecule has 3 nitrogen and oxygen atoms in total. The Balaban J connectivity index is 1.53. The molecule has 1 amide bonds. The number of fused-ring (bicyclic) bond motifs is 1. The molecule has 0 aliphatic carbocycles. The fraction of sp³-hybridized carbons (Fsp3) is 0.353. The van der Waals surface area contributed by atoms with Gasteiger partial charge in [-0.1, -0.05) is 24.3 Å². The molecule has 1 aromatic heterocycles. The van der Waals surface area contributed by atoms with Crippen LogP contribution in [0.3, 0.4) is 0 Å². The summed E-state index contributed by atoms with van der Waals surface area (Å²) in [5.41, 5.74) is 2.73. The lowest BCUT2D eigenvalue weighted by atomic mass is 10.2. The van der Waals surface area contributed by atoms with Crippen molar-refractivity contribution in [1.29, 1.82) is 0 Å². The molecule has 0 spiro atoms. The molecule has 0 saturated carbocycles. The highest BCUT2D eigenvalue weighted by atomic mass is 32.1. The fourth-order valence-electron chi connectivity index (χ4n) is 2.83. The van der Waals surface area contributed by atoms with E-state index in [0.717, 1.165) is 17.8 Å². The summed E-state index contributed by atoms with van der Waals surface area (Å²) in [6.45, 7) is 3.91. The van der Waals surface area contributed by atoms with Crippen molar-refractivity contribution in [2.75, 3.05) is 18.0 Å². The van der Waals surface area contributed by atoms with Gasteiger partial charge in [0.2, 0.25) is 5.91 Å². The first-order valence-electron chi connectivity index (χ1n) is 7.37. The average Bonchev–Trinajstić information content (AvgIpc) is 3.13. The number of rotatable bonds is 5. The minimum absolute atomic E-state index is 0.108. The second-order valence-corrected chi connectivity index (χ2v) is 6.51. The fourth-order valence-corrected chi connectivity index (χ4v) is 3.53. The van der Waals surface area contributed by atoms with E-state index in [0.29, 0.717) is 19.0 Å². The molecule has 0 saturated heterocycles. The van der Waals surface area contributed by atoms with Crippen molar-refractivity contribution in [3.05, 3.63) is 52.2 Å². The lowest BCUT2D eigenvalue weighted by Crippen LogP contribution is -2.41. The first kappa shape index (κ1) is 14.1. The van der Waals surface area contributed by atoms with Gasteiger partial charge in [-0.05, 0) is 36.4 Å². The standard InChI is InChI=1S/C17H20N2OS/c1-13(12-18-17(20)11-15-6-4-10-21-15)19-9-8-14-5-2-3-7-16(14)19/h2-7,10,13H,8-9,11-12H2,1H3,(H,18,20)/t13-/m1/s1. The predicted molar refractivity (Wildman–Crippen MR) is 88.0 cm³/mol. The predicted octanol–water partition coefficient (Wildman–Crippen LogP) is 2.86. The lowest BCUT2D eigenvalue weighted by molar-refractivity contribution is -0.120. The summed E-state index contributed by atoms with van der Waals surface area (Å²) in [5, 5.41) is 5.06. The highest BCUT2D eigenvalue weighted by Gasteiger charge is 2.22. The molecular weight excluding hydrogens is 280 g/mol. The smallest absolute Gasteiger partial charge is 0.225 e. The first-order valence-corrected chi connectivity index (χ1v) is 8.25. The van der Waals surface area contributed by atoms with Gasteiger partial charge in [-0.3, -0.25) is 4.79 Å². The summed E-state index contributed by atoms with van der Waals surface area (Å²) < 4.78 is 0. The third-order valence-electron chi connectivity index (χ3n) is 3.96. The molecule has 3 rings (SSSR count). The summed E-state index contributed by atoms with van der Waals surface area (Å²) in [7, 11) is 0. The second kappa shape index (κ2) is 6.31. The first-order chi connectivity index (χ1) is 10.2. The summed E-state index contributed by atoms with van der Waals surface area (Å²) >= 11 is 1.63. The molecule has 21 heavy (non-hydrogen) atoms. The van der Waals surface area contributed by atoms with E-state index in [4.69, 9.17) is 0 Å². The molecule has 2 heterocycles. The van der Waals surface area contributed by atoms with Crippen molar-refractivity contribution in [1.82, 2.24) is 5.32 Å². The number of benzene rings is 1. The Bertz CT molecular complexity index is 609. The zero-order chi connectivity index (χ0) is 14.7. The van der Waals surface area contributed by atoms with Gasteiger partial charge >= 0.3 is 0 Å². The van der Waals surface area contributed by atoms with Crippen LogP contribution in [0.5, 0.6) is 0 Å². The van der Waals surface area contributed by atoms with Crippen molar-refractivity contribution >= 4 is 22.9 Å². The van der Waals surface area contributed by atoms with E-state index in [1.54, 1.807) is 11.3 Å². The number of amides is 1. The normalized spacial score (nSPS) is 14.8. The van der Waals surface area contributed by atoms with E-state index in [1.165, 1.54) is 11.3 Å². The van der Waals surface area contributed by atoms with Gasteiger partial charge in [-0.2, -0.15) is 0 Å². The van der Waals surface area contributed by atoms with E-state index >= 15 is 0 Å². The molecule has 110 valence electrons. The van der Waals surface area contributed by atoms with E-state index in [9.17, 15) is 4.79 Å². The summed E-state index contributed by atoms with van der Waals surface area (Å²) in [6.07, 6.45) is 1.59. The molecule has 1 aromatic carbocycles. The van der Waals surface area contributed by atoms with E-state index < -0.39 is 0 Å². The number of hydrogen-bond donors (Lipinski definition) is 1. The maximum absolute atomic E-state index is 12.0. The number of hydrogen-bond acceptors (Lipinski definition) is 3. The minimum Gasteiger partial charge on any atom is -0.366 e. The van der Waals surface area contributed by atoms with Gasteiger partial charge in [-0.15, -0.1) is 11.3 Å². The van der Waals surface area contributed by atoms with Crippen LogP contribution < -0.4 is 10.2 Å². The van der Waals surface area contributed by atoms with Gasteiger partial charge in [0.25, 0.3) is 0 Å². The van der Waals surface area contributed by atoms with Crippen LogP contribution in [0.15, 0.2) is 41.8 Å². The highest BCUT2D eigenvalue weighted by molar-refractivity contribution is 7.10. The summed E-state index contributed by atoms with van der Waals surface area (Å²) in [6, 6.07) is 12.8. The zero-order valence-corrected chi connectivity index (χ0v) is 13.0. The van der Waals surface area contributed by atoms with Crippen LogP contribution in [-0.2, 0) is 17.6 Å². The topological polar surface area (TPSA) is 32.3 Å². The number of anilines is 1. The SMILES string of the molecule is C[C@H](CNC(=O)Cc1cccs1)N1CCc2ccccc21. The van der Waals surface area contributed by atoms with Crippen LogP contribution in [0, 0.1) is 0 Å². The molecule has 1 N–H and O–H groups in total. The van der Waals surface area contributed by atoms with Crippen molar-refractivity contribution in [3.63, 3.8) is 0 Å². The second-order valence-electron chi connectivity index (χ2n) is 5.48. The molecule has 0 bridgehead atoms. The number of para-hydroxylation sites is 1. The molecule has 1 aliphatic heterocycles. The van der Waals surface area contributed by atoms with Gasteiger partial charge < -0.3 is 10.2 Å². The van der Waals surface area contributed by atoms with Crippen LogP contribution >= 0.6 is 11.3 Å². The van der Waals surface area contributed by atoms with Gasteiger partial charge in [0.15, 0.2) is 0 Å². The van der Waals surface area contributed by atoms with Crippen molar-refractivity contribution in [2.45, 2.75) is 25.8 Å². The van der Waals surface area contributed by atoms with Gasteiger partial charge in [0.05, 0.1) is 6.42 Å². The number of carbonyl (C=O) groups excluding carboxylic acids is 1. The number of nitrogens with one attached hydrogen (secondary N) is 1. The quantitative estimate of drug-likeness (QED) is 0.921. The molecule has 0 fully saturated rings. The third kappa shape index (κ3) is 3.27. The molecule has 0 radical (unpaired) electrons. The largest absolute Gasteiger partial charge is 0.366 e. The number of thiophene rings is 1. The zero-order valence-electron chi connectivity index (χ0n) is 12.2. The molecule has 0 unspecified atom stereocenters. The maximum atomic E-state index is 12.0. The third-order valence-corrected chi connectivity index (χ3v) is 4.84. The monoisotopic (exact) mass is 300 g/mol. The Morgan fingerprint density at radius 2 is 2.19 bits per heavy atom. The van der Waals surface area contributed by atoms with Crippen LogP contribution in [0.1, 0.15) is 17.4 Å². The van der Waals surface area contributed by atoms with Crippen molar-refractivity contribution in [3.8, 4) is 0 Å². The van der Waals surface area contributed by atoms with Crippen LogP contribution in [-0.4, -0.2) is 25.0 Å². The Morgan fingerprint density at radius 3 is 3.00 bits per heavy atom. The van der Waals surface area contributed by atoms with Crippen LogP contribution in [0.4, 0.5) is 5.69 Å². The lowest BCUT2D eigenvalue weighted by Gasteiger charge is -2.27. The van der Waals surface area contributed by atoms with E-state index in [-0.39, 0.29) is 5.91 Å². The molecule has 4 heteroatoms. The number of nitrogens with zero attached hydrogens (tertiary/aromatic N) is 1. The Labute approximate surface area is 129 Å². The molecule has 2 aromatic rings. The van der Waals surface area contributed by atoms with Gasteiger partial charge in [0.1, 0.15) is 0 Å². The Morgan fingerprint density at radius 1 is 1.33 bits per heavy atom. The van der Waals surface area contributed by atoms with Crippen molar-refractivity contribution in [2.24, 2.45) is 0 Å². The van der Waals surface area contributed by atoms with E-state index in [1.807, 2.05) is 17.5 Å². The summed E-state index contributed by atoms with van der Waals surface area (Å²) in [4.78, 5) is 15.5. The maximum Gasteiger partial charge on any atom is 0.225 e. The van der Waals surface area contributed by atoms with E-state index in [2.05, 4.69) is 41.4 Å².